The summed E-state index contributed by atoms with van der Waals surface area (Å²) in [5, 5.41) is 0. The van der Waals surface area contributed by atoms with Gasteiger partial charge >= 0.3 is 0 Å². The highest BCUT2D eigenvalue weighted by atomic mass is 16.7. The summed E-state index contributed by atoms with van der Waals surface area (Å²) in [6.45, 7) is 10.8. The highest BCUT2D eigenvalue weighted by Gasteiger charge is 2.44. The maximum atomic E-state index is 6.38. The van der Waals surface area contributed by atoms with Crippen molar-refractivity contribution >= 4 is 0 Å². The molecule has 1 aliphatic carbocycles. The van der Waals surface area contributed by atoms with Crippen LogP contribution in [0.1, 0.15) is 105 Å². The zero-order valence-corrected chi connectivity index (χ0v) is 15.8. The molecule has 1 fully saturated rings. The van der Waals surface area contributed by atoms with Crippen molar-refractivity contribution < 1.29 is 9.47 Å². The number of hydrogen-bond acceptors (Lipinski definition) is 2. The Balaban J connectivity index is 2.45. The summed E-state index contributed by atoms with van der Waals surface area (Å²) < 4.78 is 12.8. The average Bonchev–Trinajstić information content (AvgIpc) is 2.33. The van der Waals surface area contributed by atoms with E-state index in [1.807, 2.05) is 0 Å². The van der Waals surface area contributed by atoms with Crippen molar-refractivity contribution in [1.29, 1.82) is 0 Å². The predicted molar refractivity (Wildman–Crippen MR) is 95.1 cm³/mol. The second-order valence-electron chi connectivity index (χ2n) is 7.64. The minimum Gasteiger partial charge on any atom is -0.347 e. The summed E-state index contributed by atoms with van der Waals surface area (Å²) in [5.41, 5.74) is 0. The molecule has 2 heteroatoms. The standard InChI is InChI=1S/C20H40O2/c1-6-7-8-9-10-11-12-16-20(21-17(2)3,22-18(4)5)19-14-13-15-19/h17-19H,6-16H2,1-5H3. The molecule has 1 saturated carbocycles. The SMILES string of the molecule is CCCCCCCCCC(OC(C)C)(OC(C)C)C1CCC1. The van der Waals surface area contributed by atoms with Gasteiger partial charge in [-0.1, -0.05) is 51.9 Å². The fourth-order valence-electron chi connectivity index (χ4n) is 3.52. The van der Waals surface area contributed by atoms with E-state index in [0.29, 0.717) is 5.92 Å². The molecule has 1 aliphatic rings. The number of rotatable bonds is 13. The molecule has 22 heavy (non-hydrogen) atoms. The van der Waals surface area contributed by atoms with Gasteiger partial charge in [-0.05, 0) is 47.0 Å². The maximum absolute atomic E-state index is 6.38. The van der Waals surface area contributed by atoms with E-state index in [0.717, 1.165) is 6.42 Å². The van der Waals surface area contributed by atoms with Crippen LogP contribution >= 0.6 is 0 Å². The minimum absolute atomic E-state index is 0.240. The fourth-order valence-corrected chi connectivity index (χ4v) is 3.52. The summed E-state index contributed by atoms with van der Waals surface area (Å²) >= 11 is 0. The highest BCUT2D eigenvalue weighted by Crippen LogP contribution is 2.43. The normalized spacial score (nSPS) is 16.5. The number of hydrogen-bond donors (Lipinski definition) is 0. The van der Waals surface area contributed by atoms with Gasteiger partial charge in [0.2, 0.25) is 0 Å². The van der Waals surface area contributed by atoms with Crippen LogP contribution in [0.3, 0.4) is 0 Å². The first kappa shape index (κ1) is 20.0. The third kappa shape index (κ3) is 7.00. The molecule has 0 radical (unpaired) electrons. The Labute approximate surface area is 139 Å². The largest absolute Gasteiger partial charge is 0.347 e. The minimum atomic E-state index is -0.315. The first-order valence-corrected chi connectivity index (χ1v) is 9.85. The van der Waals surface area contributed by atoms with Crippen molar-refractivity contribution in [2.45, 2.75) is 123 Å². The van der Waals surface area contributed by atoms with Gasteiger partial charge in [-0.3, -0.25) is 0 Å². The van der Waals surface area contributed by atoms with Gasteiger partial charge in [-0.15, -0.1) is 0 Å². The van der Waals surface area contributed by atoms with E-state index in [9.17, 15) is 0 Å². The summed E-state index contributed by atoms with van der Waals surface area (Å²) in [4.78, 5) is 0. The summed E-state index contributed by atoms with van der Waals surface area (Å²) in [5.74, 6) is 0.293. The molecule has 0 aromatic carbocycles. The maximum Gasteiger partial charge on any atom is 0.171 e. The highest BCUT2D eigenvalue weighted by molar-refractivity contribution is 4.87. The van der Waals surface area contributed by atoms with Crippen molar-refractivity contribution in [2.75, 3.05) is 0 Å². The molecule has 0 bridgehead atoms. The molecule has 0 saturated heterocycles. The van der Waals surface area contributed by atoms with Crippen LogP contribution in [0.2, 0.25) is 0 Å². The van der Waals surface area contributed by atoms with Gasteiger partial charge < -0.3 is 9.47 Å². The van der Waals surface area contributed by atoms with Crippen LogP contribution in [-0.2, 0) is 9.47 Å². The molecule has 0 aliphatic heterocycles. The van der Waals surface area contributed by atoms with E-state index in [1.54, 1.807) is 0 Å². The molecule has 0 unspecified atom stereocenters. The Morgan fingerprint density at radius 3 is 1.73 bits per heavy atom. The van der Waals surface area contributed by atoms with Gasteiger partial charge in [0, 0.05) is 12.3 Å². The van der Waals surface area contributed by atoms with E-state index in [1.165, 1.54) is 64.2 Å². The molecular weight excluding hydrogens is 272 g/mol. The molecule has 0 heterocycles. The van der Waals surface area contributed by atoms with Gasteiger partial charge in [0.05, 0.1) is 12.2 Å². The van der Waals surface area contributed by atoms with Gasteiger partial charge in [0.25, 0.3) is 0 Å². The van der Waals surface area contributed by atoms with Crippen molar-refractivity contribution in [3.8, 4) is 0 Å². The van der Waals surface area contributed by atoms with Crippen LogP contribution in [0, 0.1) is 5.92 Å². The number of ether oxygens (including phenoxy) is 2. The Morgan fingerprint density at radius 1 is 0.818 bits per heavy atom. The molecular formula is C20H40O2. The smallest absolute Gasteiger partial charge is 0.171 e. The van der Waals surface area contributed by atoms with E-state index in [2.05, 4.69) is 34.6 Å². The number of unbranched alkanes of at least 4 members (excludes halogenated alkanes) is 6. The second kappa shape index (κ2) is 10.6. The van der Waals surface area contributed by atoms with Crippen LogP contribution in [0.4, 0.5) is 0 Å². The van der Waals surface area contributed by atoms with Gasteiger partial charge in [-0.25, -0.2) is 0 Å². The van der Waals surface area contributed by atoms with Crippen LogP contribution in [-0.4, -0.2) is 18.0 Å². The van der Waals surface area contributed by atoms with E-state index in [-0.39, 0.29) is 18.0 Å². The lowest BCUT2D eigenvalue weighted by molar-refractivity contribution is -0.310. The Hall–Kier alpha value is -0.0800. The van der Waals surface area contributed by atoms with Crippen LogP contribution < -0.4 is 0 Å². The van der Waals surface area contributed by atoms with Gasteiger partial charge in [0.15, 0.2) is 5.79 Å². The molecule has 0 aromatic heterocycles. The topological polar surface area (TPSA) is 18.5 Å². The summed E-state index contributed by atoms with van der Waals surface area (Å²) in [6, 6.07) is 0. The van der Waals surface area contributed by atoms with E-state index in [4.69, 9.17) is 9.47 Å². The van der Waals surface area contributed by atoms with Crippen molar-refractivity contribution in [1.82, 2.24) is 0 Å². The lowest BCUT2D eigenvalue weighted by Gasteiger charge is -2.47. The van der Waals surface area contributed by atoms with Crippen LogP contribution in [0.15, 0.2) is 0 Å². The predicted octanol–water partition coefficient (Wildman–Crippen LogP) is 6.47. The second-order valence-corrected chi connectivity index (χ2v) is 7.64. The van der Waals surface area contributed by atoms with Gasteiger partial charge in [-0.2, -0.15) is 0 Å². The van der Waals surface area contributed by atoms with Crippen LogP contribution in [0.5, 0.6) is 0 Å². The van der Waals surface area contributed by atoms with Crippen LogP contribution in [0.25, 0.3) is 0 Å². The van der Waals surface area contributed by atoms with Crippen molar-refractivity contribution in [3.63, 3.8) is 0 Å². The Kier molecular flexibility index (Phi) is 9.66. The van der Waals surface area contributed by atoms with Gasteiger partial charge in [0.1, 0.15) is 0 Å². The monoisotopic (exact) mass is 312 g/mol. The molecule has 132 valence electrons. The zero-order valence-electron chi connectivity index (χ0n) is 15.8. The Bertz CT molecular complexity index is 259. The first-order chi connectivity index (χ1) is 10.5. The van der Waals surface area contributed by atoms with Crippen molar-refractivity contribution in [3.05, 3.63) is 0 Å². The molecule has 0 spiro atoms. The lowest BCUT2D eigenvalue weighted by atomic mass is 9.76. The zero-order chi connectivity index (χ0) is 16.4. The lowest BCUT2D eigenvalue weighted by Crippen LogP contribution is -2.49. The molecule has 0 atom stereocenters. The summed E-state index contributed by atoms with van der Waals surface area (Å²) in [7, 11) is 0. The molecule has 2 nitrogen and oxygen atoms in total. The third-order valence-corrected chi connectivity index (χ3v) is 4.73. The third-order valence-electron chi connectivity index (χ3n) is 4.73. The first-order valence-electron chi connectivity index (χ1n) is 9.85. The fraction of sp³-hybridized carbons (Fsp3) is 1.00. The van der Waals surface area contributed by atoms with E-state index < -0.39 is 0 Å². The average molecular weight is 313 g/mol. The quantitative estimate of drug-likeness (QED) is 0.286. The molecule has 0 aromatic rings. The summed E-state index contributed by atoms with van der Waals surface area (Å²) in [6.07, 6.45) is 14.9. The Morgan fingerprint density at radius 2 is 1.32 bits per heavy atom. The molecule has 0 amide bonds. The molecule has 0 N–H and O–H groups in total. The molecule has 1 rings (SSSR count). The van der Waals surface area contributed by atoms with E-state index >= 15 is 0 Å². The van der Waals surface area contributed by atoms with Crippen molar-refractivity contribution in [2.24, 2.45) is 5.92 Å².